The summed E-state index contributed by atoms with van der Waals surface area (Å²) in [6.45, 7) is 1.15. The van der Waals surface area contributed by atoms with Gasteiger partial charge in [0, 0.05) is 24.0 Å². The first-order valence-corrected chi connectivity index (χ1v) is 13.1. The summed E-state index contributed by atoms with van der Waals surface area (Å²) in [4.78, 5) is 22.5. The average molecular weight is 535 g/mol. The molecule has 3 N–H and O–H groups in total. The number of carbonyl (C=O) groups excluding carboxylic acids is 1. The van der Waals surface area contributed by atoms with Gasteiger partial charge in [-0.25, -0.2) is 9.38 Å². The highest BCUT2D eigenvalue weighted by molar-refractivity contribution is 6.22. The van der Waals surface area contributed by atoms with Crippen LogP contribution < -0.4 is 5.32 Å². The van der Waals surface area contributed by atoms with E-state index in [9.17, 15) is 14.3 Å². The number of carbonyl (C=O) groups is 1. The van der Waals surface area contributed by atoms with Crippen LogP contribution in [-0.4, -0.2) is 40.7 Å². The molecule has 0 aliphatic heterocycles. The van der Waals surface area contributed by atoms with Crippen molar-refractivity contribution in [3.8, 4) is 5.88 Å². The maximum Gasteiger partial charge on any atom is 0.224 e. The zero-order valence-corrected chi connectivity index (χ0v) is 22.5. The lowest BCUT2D eigenvalue weighted by atomic mass is 9.99. The van der Waals surface area contributed by atoms with Gasteiger partial charge in [-0.1, -0.05) is 60.7 Å². The molecular weight excluding hydrogens is 503 g/mol. The molecule has 7 heteroatoms. The highest BCUT2D eigenvalue weighted by atomic mass is 19.1. The Bertz CT molecular complexity index is 1660. The fraction of sp³-hybridized carbons (Fsp3) is 0.152. The molecule has 0 saturated carbocycles. The molecule has 0 aliphatic rings. The average Bonchev–Trinajstić information content (AvgIpc) is 3.26. The number of nitrogens with one attached hydrogen (secondary N) is 2. The summed E-state index contributed by atoms with van der Waals surface area (Å²) in [6.07, 6.45) is 0.302. The number of H-pyrrole nitrogens is 1. The molecule has 5 rings (SSSR count). The van der Waals surface area contributed by atoms with E-state index in [4.69, 9.17) is 4.99 Å². The zero-order valence-electron chi connectivity index (χ0n) is 22.5. The monoisotopic (exact) mass is 534 g/mol. The maximum absolute atomic E-state index is 13.9. The number of rotatable bonds is 9. The van der Waals surface area contributed by atoms with Crippen molar-refractivity contribution in [2.45, 2.75) is 19.5 Å². The zero-order chi connectivity index (χ0) is 28.1. The lowest BCUT2D eigenvalue weighted by Crippen LogP contribution is -2.24. The molecule has 1 heterocycles. The fourth-order valence-electron chi connectivity index (χ4n) is 4.70. The first kappa shape index (κ1) is 26.8. The summed E-state index contributed by atoms with van der Waals surface area (Å²) in [5.41, 5.74) is 5.97. The van der Waals surface area contributed by atoms with Crippen LogP contribution in [0.5, 0.6) is 5.88 Å². The molecule has 1 amide bonds. The summed E-state index contributed by atoms with van der Waals surface area (Å²) >= 11 is 0. The number of aromatic nitrogens is 1. The minimum Gasteiger partial charge on any atom is -0.494 e. The standard InChI is InChI=1S/C33H31FN4O2/c1-38(2)21-23-11-14-27(15-12-23)36-32(31-28-16-13-26(34)19-29(28)37-33(31)40)25-10-6-9-24(17-25)20-35-30(39)18-22-7-4-3-5-8-22/h3-17,19,37,40H,18,20-21H2,1-2H3,(H,35,39). The summed E-state index contributed by atoms with van der Waals surface area (Å²) in [6, 6.07) is 29.6. The Balaban J connectivity index is 1.49. The van der Waals surface area contributed by atoms with Crippen LogP contribution in [-0.2, 0) is 24.3 Å². The van der Waals surface area contributed by atoms with Crippen LogP contribution in [0.15, 0.2) is 102 Å². The largest absolute Gasteiger partial charge is 0.494 e. The topological polar surface area (TPSA) is 80.7 Å². The number of nitrogens with zero attached hydrogens (tertiary/aromatic N) is 2. The molecule has 0 atom stereocenters. The first-order chi connectivity index (χ1) is 19.4. The number of benzene rings is 4. The van der Waals surface area contributed by atoms with Gasteiger partial charge >= 0.3 is 0 Å². The van der Waals surface area contributed by atoms with Crippen molar-refractivity contribution in [3.05, 3.63) is 131 Å². The Morgan fingerprint density at radius 1 is 0.900 bits per heavy atom. The highest BCUT2D eigenvalue weighted by Gasteiger charge is 2.19. The number of fused-ring (bicyclic) bond motifs is 1. The molecule has 0 spiro atoms. The molecule has 0 saturated heterocycles. The van der Waals surface area contributed by atoms with Crippen LogP contribution in [0.2, 0.25) is 0 Å². The molecule has 0 bridgehead atoms. The Morgan fingerprint density at radius 3 is 2.40 bits per heavy atom. The second kappa shape index (κ2) is 12.0. The minimum absolute atomic E-state index is 0.0698. The van der Waals surface area contributed by atoms with Gasteiger partial charge in [0.25, 0.3) is 0 Å². The van der Waals surface area contributed by atoms with Gasteiger partial charge in [0.05, 0.1) is 28.9 Å². The Hall–Kier alpha value is -4.75. The van der Waals surface area contributed by atoms with Gasteiger partial charge in [-0.3, -0.25) is 4.79 Å². The van der Waals surface area contributed by atoms with E-state index in [1.165, 1.54) is 12.1 Å². The van der Waals surface area contributed by atoms with Gasteiger partial charge in [-0.2, -0.15) is 0 Å². The first-order valence-electron chi connectivity index (χ1n) is 13.1. The van der Waals surface area contributed by atoms with E-state index in [0.717, 1.165) is 34.5 Å². The molecule has 0 fully saturated rings. The molecular formula is C33H31FN4O2. The second-order valence-electron chi connectivity index (χ2n) is 10.0. The van der Waals surface area contributed by atoms with Crippen molar-refractivity contribution in [3.63, 3.8) is 0 Å². The van der Waals surface area contributed by atoms with E-state index in [1.54, 1.807) is 6.07 Å². The normalized spacial score (nSPS) is 11.8. The quantitative estimate of drug-likeness (QED) is 0.200. The second-order valence-corrected chi connectivity index (χ2v) is 10.0. The third-order valence-corrected chi connectivity index (χ3v) is 6.55. The highest BCUT2D eigenvalue weighted by Crippen LogP contribution is 2.32. The molecule has 202 valence electrons. The van der Waals surface area contributed by atoms with Gasteiger partial charge in [0.2, 0.25) is 5.91 Å². The van der Waals surface area contributed by atoms with Gasteiger partial charge in [-0.15, -0.1) is 0 Å². The van der Waals surface area contributed by atoms with Gasteiger partial charge in [-0.05, 0) is 67.2 Å². The SMILES string of the molecule is CN(C)Cc1ccc(N=C(c2cccc(CNC(=O)Cc3ccccc3)c2)c2c(O)[nH]c3cc(F)ccc23)cc1. The van der Waals surface area contributed by atoms with Crippen molar-refractivity contribution < 1.29 is 14.3 Å². The van der Waals surface area contributed by atoms with Crippen LogP contribution in [0.25, 0.3) is 10.9 Å². The van der Waals surface area contributed by atoms with E-state index in [2.05, 4.69) is 15.2 Å². The number of hydrogen-bond acceptors (Lipinski definition) is 4. The third kappa shape index (κ3) is 6.45. The van der Waals surface area contributed by atoms with Crippen LogP contribution in [0, 0.1) is 5.82 Å². The summed E-state index contributed by atoms with van der Waals surface area (Å²) < 4.78 is 13.9. The molecule has 40 heavy (non-hydrogen) atoms. The molecule has 4 aromatic carbocycles. The predicted molar refractivity (Wildman–Crippen MR) is 157 cm³/mol. The third-order valence-electron chi connectivity index (χ3n) is 6.55. The van der Waals surface area contributed by atoms with Gasteiger partial charge in [0.15, 0.2) is 5.88 Å². The Labute approximate surface area is 232 Å². The number of hydrogen-bond donors (Lipinski definition) is 3. The Morgan fingerprint density at radius 2 is 1.65 bits per heavy atom. The number of aromatic hydroxyl groups is 1. The van der Waals surface area contributed by atoms with Crippen LogP contribution in [0.4, 0.5) is 10.1 Å². The van der Waals surface area contributed by atoms with Crippen molar-refractivity contribution in [2.75, 3.05) is 14.1 Å². The Kier molecular flexibility index (Phi) is 8.03. The van der Waals surface area contributed by atoms with E-state index < -0.39 is 5.82 Å². The lowest BCUT2D eigenvalue weighted by Gasteiger charge is -2.12. The number of amides is 1. The van der Waals surface area contributed by atoms with Crippen molar-refractivity contribution in [1.29, 1.82) is 0 Å². The number of aliphatic imine (C=N–C) groups is 1. The predicted octanol–water partition coefficient (Wildman–Crippen LogP) is 6.10. The summed E-state index contributed by atoms with van der Waals surface area (Å²) in [5.74, 6) is -0.562. The number of halogens is 1. The van der Waals surface area contributed by atoms with E-state index >= 15 is 0 Å². The van der Waals surface area contributed by atoms with Crippen molar-refractivity contribution >= 4 is 28.2 Å². The van der Waals surface area contributed by atoms with Crippen molar-refractivity contribution in [2.24, 2.45) is 4.99 Å². The molecule has 0 radical (unpaired) electrons. The maximum atomic E-state index is 13.9. The van der Waals surface area contributed by atoms with E-state index in [1.807, 2.05) is 93.0 Å². The molecule has 6 nitrogen and oxygen atoms in total. The van der Waals surface area contributed by atoms with Gasteiger partial charge < -0.3 is 20.3 Å². The number of aromatic amines is 1. The van der Waals surface area contributed by atoms with Crippen molar-refractivity contribution in [1.82, 2.24) is 15.2 Å². The molecule has 0 unspecified atom stereocenters. The lowest BCUT2D eigenvalue weighted by molar-refractivity contribution is -0.120. The van der Waals surface area contributed by atoms with E-state index in [-0.39, 0.29) is 11.8 Å². The minimum atomic E-state index is -0.400. The van der Waals surface area contributed by atoms with Crippen LogP contribution >= 0.6 is 0 Å². The molecule has 5 aromatic rings. The van der Waals surface area contributed by atoms with E-state index in [0.29, 0.717) is 35.1 Å². The van der Waals surface area contributed by atoms with Gasteiger partial charge in [0.1, 0.15) is 5.82 Å². The van der Waals surface area contributed by atoms with Crippen LogP contribution in [0.1, 0.15) is 27.8 Å². The summed E-state index contributed by atoms with van der Waals surface area (Å²) in [7, 11) is 4.04. The molecule has 0 aliphatic carbocycles. The summed E-state index contributed by atoms with van der Waals surface area (Å²) in [5, 5.41) is 14.6. The smallest absolute Gasteiger partial charge is 0.224 e. The fourth-order valence-corrected chi connectivity index (χ4v) is 4.70. The van der Waals surface area contributed by atoms with Crippen LogP contribution in [0.3, 0.4) is 0 Å². The molecule has 1 aromatic heterocycles.